The van der Waals surface area contributed by atoms with Crippen LogP contribution in [0.5, 0.6) is 0 Å². The fourth-order valence-electron chi connectivity index (χ4n) is 2.46. The zero-order valence-electron chi connectivity index (χ0n) is 9.26. The quantitative estimate of drug-likeness (QED) is 0.669. The maximum absolute atomic E-state index is 4.62. The summed E-state index contributed by atoms with van der Waals surface area (Å²) < 4.78 is 0. The molecule has 1 aliphatic heterocycles. The molecule has 0 aromatic heterocycles. The molecular weight excluding hydrogens is 194 g/mol. The van der Waals surface area contributed by atoms with E-state index in [4.69, 9.17) is 0 Å². The van der Waals surface area contributed by atoms with Crippen LogP contribution in [0.1, 0.15) is 30.9 Å². The Kier molecular flexibility index (Phi) is 2.45. The monoisotopic (exact) mass is 209 g/mol. The average molecular weight is 209 g/mol. The Labute approximate surface area is 95.8 Å². The standard InChI is InChI=1S/C15H15N/c1-2-8-13-12(6-1)7-5-9-14(13)15-10-3-4-11-16-15/h1-2,5-9,11,15H,3-4,10H2. The van der Waals surface area contributed by atoms with Crippen molar-refractivity contribution in [3.63, 3.8) is 0 Å². The molecule has 0 spiro atoms. The Hall–Kier alpha value is -1.63. The number of fused-ring (bicyclic) bond motifs is 1. The van der Waals surface area contributed by atoms with Crippen LogP contribution in [-0.4, -0.2) is 6.21 Å². The lowest BCUT2D eigenvalue weighted by Gasteiger charge is -2.18. The number of rotatable bonds is 1. The highest BCUT2D eigenvalue weighted by Crippen LogP contribution is 2.31. The Bertz CT molecular complexity index is 522. The molecule has 3 rings (SSSR count). The molecule has 0 fully saturated rings. The molecule has 0 saturated heterocycles. The van der Waals surface area contributed by atoms with Gasteiger partial charge in [-0.15, -0.1) is 0 Å². The summed E-state index contributed by atoms with van der Waals surface area (Å²) in [5.41, 5.74) is 1.38. The maximum atomic E-state index is 4.62. The highest BCUT2D eigenvalue weighted by molar-refractivity contribution is 5.86. The molecule has 1 unspecified atom stereocenters. The lowest BCUT2D eigenvalue weighted by atomic mass is 9.94. The fourth-order valence-corrected chi connectivity index (χ4v) is 2.46. The van der Waals surface area contributed by atoms with E-state index in [1.165, 1.54) is 29.2 Å². The van der Waals surface area contributed by atoms with E-state index in [2.05, 4.69) is 53.7 Å². The van der Waals surface area contributed by atoms with Crippen LogP contribution in [-0.2, 0) is 0 Å². The maximum Gasteiger partial charge on any atom is 0.0751 e. The topological polar surface area (TPSA) is 12.4 Å². The molecule has 0 aliphatic carbocycles. The highest BCUT2D eigenvalue weighted by atomic mass is 14.8. The van der Waals surface area contributed by atoms with E-state index < -0.39 is 0 Å². The molecule has 2 aromatic rings. The van der Waals surface area contributed by atoms with Gasteiger partial charge >= 0.3 is 0 Å². The summed E-state index contributed by atoms with van der Waals surface area (Å²) in [6, 6.07) is 15.5. The van der Waals surface area contributed by atoms with Crippen molar-refractivity contribution >= 4 is 17.0 Å². The Balaban J connectivity index is 2.15. The third-order valence-electron chi connectivity index (χ3n) is 3.28. The van der Waals surface area contributed by atoms with Crippen LogP contribution in [0, 0.1) is 0 Å². The Morgan fingerprint density at radius 1 is 1.00 bits per heavy atom. The Morgan fingerprint density at radius 3 is 2.75 bits per heavy atom. The minimum atomic E-state index is 0.375. The zero-order chi connectivity index (χ0) is 10.8. The predicted octanol–water partition coefficient (Wildman–Crippen LogP) is 4.14. The smallest absolute Gasteiger partial charge is 0.0751 e. The van der Waals surface area contributed by atoms with Crippen molar-refractivity contribution in [2.75, 3.05) is 0 Å². The van der Waals surface area contributed by atoms with Gasteiger partial charge in [-0.25, -0.2) is 0 Å². The van der Waals surface area contributed by atoms with Gasteiger partial charge in [0.1, 0.15) is 0 Å². The lowest BCUT2D eigenvalue weighted by Crippen LogP contribution is -2.02. The van der Waals surface area contributed by atoms with Crippen LogP contribution in [0.25, 0.3) is 10.8 Å². The number of aliphatic imine (C=N–C) groups is 1. The van der Waals surface area contributed by atoms with E-state index >= 15 is 0 Å². The van der Waals surface area contributed by atoms with Gasteiger partial charge in [-0.3, -0.25) is 4.99 Å². The molecule has 2 aromatic carbocycles. The summed E-state index contributed by atoms with van der Waals surface area (Å²) >= 11 is 0. The third-order valence-corrected chi connectivity index (χ3v) is 3.28. The van der Waals surface area contributed by atoms with Gasteiger partial charge in [0.2, 0.25) is 0 Å². The number of hydrogen-bond donors (Lipinski definition) is 0. The van der Waals surface area contributed by atoms with E-state index in [0.717, 1.165) is 6.42 Å². The summed E-state index contributed by atoms with van der Waals surface area (Å²) in [5.74, 6) is 0. The van der Waals surface area contributed by atoms with Crippen LogP contribution in [0.3, 0.4) is 0 Å². The van der Waals surface area contributed by atoms with Crippen molar-refractivity contribution < 1.29 is 0 Å². The summed E-state index contributed by atoms with van der Waals surface area (Å²) in [6.07, 6.45) is 5.67. The summed E-state index contributed by atoms with van der Waals surface area (Å²) in [6.45, 7) is 0. The van der Waals surface area contributed by atoms with Gasteiger partial charge < -0.3 is 0 Å². The first kappa shape index (κ1) is 9.59. The van der Waals surface area contributed by atoms with Crippen LogP contribution in [0.15, 0.2) is 47.5 Å². The number of hydrogen-bond acceptors (Lipinski definition) is 1. The highest BCUT2D eigenvalue weighted by Gasteiger charge is 2.14. The normalized spacial score (nSPS) is 20.1. The second kappa shape index (κ2) is 4.09. The summed E-state index contributed by atoms with van der Waals surface area (Å²) in [4.78, 5) is 4.62. The molecule has 16 heavy (non-hydrogen) atoms. The summed E-state index contributed by atoms with van der Waals surface area (Å²) in [5, 5.41) is 2.68. The van der Waals surface area contributed by atoms with Crippen molar-refractivity contribution in [3.05, 3.63) is 48.0 Å². The Morgan fingerprint density at radius 2 is 1.88 bits per heavy atom. The molecule has 1 nitrogen and oxygen atoms in total. The first-order valence-corrected chi connectivity index (χ1v) is 5.94. The van der Waals surface area contributed by atoms with E-state index in [1.807, 2.05) is 0 Å². The molecule has 0 N–H and O–H groups in total. The van der Waals surface area contributed by atoms with Crippen molar-refractivity contribution in [2.24, 2.45) is 4.99 Å². The molecule has 0 amide bonds. The molecule has 1 heterocycles. The largest absolute Gasteiger partial charge is 0.289 e. The van der Waals surface area contributed by atoms with Gasteiger partial charge in [-0.2, -0.15) is 0 Å². The van der Waals surface area contributed by atoms with Crippen LogP contribution in [0.2, 0.25) is 0 Å². The first-order chi connectivity index (χ1) is 7.95. The molecule has 1 heteroatoms. The molecule has 1 atom stereocenters. The van der Waals surface area contributed by atoms with Crippen molar-refractivity contribution in [3.8, 4) is 0 Å². The van der Waals surface area contributed by atoms with Gasteiger partial charge in [-0.1, -0.05) is 42.5 Å². The molecule has 0 bridgehead atoms. The molecule has 1 aliphatic rings. The van der Waals surface area contributed by atoms with Crippen LogP contribution in [0.4, 0.5) is 0 Å². The van der Waals surface area contributed by atoms with Gasteiger partial charge in [0.15, 0.2) is 0 Å². The van der Waals surface area contributed by atoms with Gasteiger partial charge in [0.05, 0.1) is 6.04 Å². The first-order valence-electron chi connectivity index (χ1n) is 5.94. The van der Waals surface area contributed by atoms with Crippen LogP contribution < -0.4 is 0 Å². The molecule has 0 radical (unpaired) electrons. The zero-order valence-corrected chi connectivity index (χ0v) is 9.26. The van der Waals surface area contributed by atoms with Gasteiger partial charge in [0, 0.05) is 0 Å². The van der Waals surface area contributed by atoms with E-state index in [1.54, 1.807) is 0 Å². The molecule has 0 saturated carbocycles. The van der Waals surface area contributed by atoms with Gasteiger partial charge in [0.25, 0.3) is 0 Å². The van der Waals surface area contributed by atoms with Crippen molar-refractivity contribution in [1.29, 1.82) is 0 Å². The minimum Gasteiger partial charge on any atom is -0.289 e. The number of benzene rings is 2. The van der Waals surface area contributed by atoms with E-state index in [-0.39, 0.29) is 0 Å². The minimum absolute atomic E-state index is 0.375. The molecule has 80 valence electrons. The molecular formula is C15H15N. The van der Waals surface area contributed by atoms with Crippen molar-refractivity contribution in [1.82, 2.24) is 0 Å². The second-order valence-corrected chi connectivity index (χ2v) is 4.35. The SMILES string of the molecule is C1=NC(c2cccc3ccccc23)CCC1. The second-order valence-electron chi connectivity index (χ2n) is 4.35. The fraction of sp³-hybridized carbons (Fsp3) is 0.267. The predicted molar refractivity (Wildman–Crippen MR) is 69.0 cm³/mol. The van der Waals surface area contributed by atoms with E-state index in [0.29, 0.717) is 6.04 Å². The summed E-state index contributed by atoms with van der Waals surface area (Å²) in [7, 11) is 0. The van der Waals surface area contributed by atoms with Crippen LogP contribution >= 0.6 is 0 Å². The number of nitrogens with zero attached hydrogens (tertiary/aromatic N) is 1. The van der Waals surface area contributed by atoms with Gasteiger partial charge in [-0.05, 0) is 41.8 Å². The third kappa shape index (κ3) is 1.63. The van der Waals surface area contributed by atoms with E-state index in [9.17, 15) is 0 Å². The van der Waals surface area contributed by atoms with Crippen molar-refractivity contribution in [2.45, 2.75) is 25.3 Å². The average Bonchev–Trinajstić information content (AvgIpc) is 2.39. The lowest BCUT2D eigenvalue weighted by molar-refractivity contribution is 0.607.